The number of rotatable bonds is 0. The highest BCUT2D eigenvalue weighted by Gasteiger charge is 2.12. The fourth-order valence-electron chi connectivity index (χ4n) is 0.737. The molecule has 1 rings (SSSR count). The lowest BCUT2D eigenvalue weighted by Crippen LogP contribution is -2.03. The summed E-state index contributed by atoms with van der Waals surface area (Å²) in [6, 6.07) is 0.583. The van der Waals surface area contributed by atoms with Crippen LogP contribution < -0.4 is 0 Å². The summed E-state index contributed by atoms with van der Waals surface area (Å²) in [5, 5.41) is 0. The van der Waals surface area contributed by atoms with Gasteiger partial charge in [-0.2, -0.15) is 0 Å². The van der Waals surface area contributed by atoms with Crippen molar-refractivity contribution in [1.82, 2.24) is 0 Å². The standard InChI is InChI=1S/C6H11N/c1-5-3-4-7-6(5)2/h4-6H,3H2,1-2H3/t5-,6-/m1/s1. The number of hydrogen-bond donors (Lipinski definition) is 0. The minimum Gasteiger partial charge on any atom is -0.294 e. The Labute approximate surface area is 44.5 Å². The van der Waals surface area contributed by atoms with Gasteiger partial charge >= 0.3 is 0 Å². The van der Waals surface area contributed by atoms with Crippen molar-refractivity contribution in [1.29, 1.82) is 0 Å². The molecule has 0 saturated heterocycles. The van der Waals surface area contributed by atoms with E-state index in [1.165, 1.54) is 6.42 Å². The van der Waals surface area contributed by atoms with E-state index in [0.717, 1.165) is 5.92 Å². The summed E-state index contributed by atoms with van der Waals surface area (Å²) in [4.78, 5) is 4.19. The smallest absolute Gasteiger partial charge is 0.0496 e. The predicted octanol–water partition coefficient (Wildman–Crippen LogP) is 1.49. The van der Waals surface area contributed by atoms with Crippen molar-refractivity contribution in [3.63, 3.8) is 0 Å². The molecule has 0 N–H and O–H groups in total. The molecule has 1 nitrogen and oxygen atoms in total. The first-order chi connectivity index (χ1) is 3.30. The molecule has 1 aliphatic rings. The summed E-state index contributed by atoms with van der Waals surface area (Å²) in [6.45, 7) is 4.39. The normalized spacial score (nSPS) is 39.7. The number of nitrogens with zero attached hydrogens (tertiary/aromatic N) is 1. The van der Waals surface area contributed by atoms with Crippen LogP contribution in [0.4, 0.5) is 0 Å². The van der Waals surface area contributed by atoms with E-state index < -0.39 is 0 Å². The van der Waals surface area contributed by atoms with Crippen LogP contribution in [0.1, 0.15) is 20.3 Å². The van der Waals surface area contributed by atoms with Crippen molar-refractivity contribution in [2.45, 2.75) is 26.3 Å². The van der Waals surface area contributed by atoms with Crippen molar-refractivity contribution in [2.24, 2.45) is 10.9 Å². The van der Waals surface area contributed by atoms with Gasteiger partial charge in [0.2, 0.25) is 0 Å². The third kappa shape index (κ3) is 0.817. The van der Waals surface area contributed by atoms with Crippen LogP contribution in [-0.2, 0) is 0 Å². The first-order valence-electron chi connectivity index (χ1n) is 2.82. The Hall–Kier alpha value is -0.330. The molecule has 1 heteroatoms. The SMILES string of the molecule is C[C@@H]1CC=N[C@@H]1C. The van der Waals surface area contributed by atoms with E-state index in [1.54, 1.807) is 0 Å². The highest BCUT2D eigenvalue weighted by Crippen LogP contribution is 2.14. The molecule has 2 atom stereocenters. The third-order valence-electron chi connectivity index (χ3n) is 1.64. The van der Waals surface area contributed by atoms with Crippen LogP contribution in [0.25, 0.3) is 0 Å². The Balaban J connectivity index is 2.45. The second kappa shape index (κ2) is 1.65. The van der Waals surface area contributed by atoms with Gasteiger partial charge in [-0.15, -0.1) is 0 Å². The maximum atomic E-state index is 4.19. The zero-order valence-electron chi connectivity index (χ0n) is 4.89. The molecule has 1 heterocycles. The largest absolute Gasteiger partial charge is 0.294 e. The molecule has 0 unspecified atom stereocenters. The van der Waals surface area contributed by atoms with Gasteiger partial charge in [-0.1, -0.05) is 6.92 Å². The second-order valence-electron chi connectivity index (χ2n) is 2.29. The Kier molecular flexibility index (Phi) is 1.13. The minimum absolute atomic E-state index is 0.583. The number of aliphatic imine (C=N–C) groups is 1. The molecule has 40 valence electrons. The van der Waals surface area contributed by atoms with Crippen LogP contribution in [0.5, 0.6) is 0 Å². The molecule has 0 spiro atoms. The Morgan fingerprint density at radius 2 is 2.29 bits per heavy atom. The number of hydrogen-bond acceptors (Lipinski definition) is 1. The molecule has 0 aromatic rings. The quantitative estimate of drug-likeness (QED) is 0.434. The zero-order chi connectivity index (χ0) is 5.28. The summed E-state index contributed by atoms with van der Waals surface area (Å²) in [6.07, 6.45) is 3.20. The fourth-order valence-corrected chi connectivity index (χ4v) is 0.737. The van der Waals surface area contributed by atoms with Crippen molar-refractivity contribution in [3.05, 3.63) is 0 Å². The van der Waals surface area contributed by atoms with Crippen LogP contribution in [-0.4, -0.2) is 12.3 Å². The van der Waals surface area contributed by atoms with Crippen LogP contribution in [0.15, 0.2) is 4.99 Å². The van der Waals surface area contributed by atoms with Crippen molar-refractivity contribution < 1.29 is 0 Å². The molecule has 0 fully saturated rings. The molecule has 0 aromatic heterocycles. The lowest BCUT2D eigenvalue weighted by atomic mass is 10.1. The molecular formula is C6H11N. The van der Waals surface area contributed by atoms with Gasteiger partial charge in [-0.3, -0.25) is 4.99 Å². The van der Waals surface area contributed by atoms with Gasteiger partial charge in [0.25, 0.3) is 0 Å². The Morgan fingerprint density at radius 1 is 1.57 bits per heavy atom. The second-order valence-corrected chi connectivity index (χ2v) is 2.29. The first kappa shape index (κ1) is 4.82. The average Bonchev–Trinajstić information content (AvgIpc) is 1.91. The van der Waals surface area contributed by atoms with E-state index in [-0.39, 0.29) is 0 Å². The predicted molar refractivity (Wildman–Crippen MR) is 31.7 cm³/mol. The molecule has 0 aliphatic carbocycles. The van der Waals surface area contributed by atoms with Crippen molar-refractivity contribution >= 4 is 6.21 Å². The van der Waals surface area contributed by atoms with Gasteiger partial charge in [-0.05, 0) is 25.5 Å². The van der Waals surface area contributed by atoms with E-state index in [2.05, 4.69) is 18.8 Å². The van der Waals surface area contributed by atoms with E-state index in [0.29, 0.717) is 6.04 Å². The highest BCUT2D eigenvalue weighted by molar-refractivity contribution is 5.60. The Bertz CT molecular complexity index is 86.2. The third-order valence-corrected chi connectivity index (χ3v) is 1.64. The average molecular weight is 97.2 g/mol. The van der Waals surface area contributed by atoms with E-state index in [4.69, 9.17) is 0 Å². The molecular weight excluding hydrogens is 86.1 g/mol. The van der Waals surface area contributed by atoms with Crippen LogP contribution >= 0.6 is 0 Å². The van der Waals surface area contributed by atoms with E-state index in [9.17, 15) is 0 Å². The summed E-state index contributed by atoms with van der Waals surface area (Å²) < 4.78 is 0. The van der Waals surface area contributed by atoms with Gasteiger partial charge in [-0.25, -0.2) is 0 Å². The lowest BCUT2D eigenvalue weighted by Gasteiger charge is -2.03. The maximum absolute atomic E-state index is 4.19. The molecule has 0 saturated carbocycles. The van der Waals surface area contributed by atoms with Gasteiger partial charge in [0.05, 0.1) is 0 Å². The lowest BCUT2D eigenvalue weighted by molar-refractivity contribution is 0.540. The molecule has 1 aliphatic heterocycles. The van der Waals surface area contributed by atoms with Crippen molar-refractivity contribution in [3.8, 4) is 0 Å². The van der Waals surface area contributed by atoms with E-state index >= 15 is 0 Å². The van der Waals surface area contributed by atoms with Crippen LogP contribution in [0, 0.1) is 5.92 Å². The van der Waals surface area contributed by atoms with Crippen LogP contribution in [0.2, 0.25) is 0 Å². The Morgan fingerprint density at radius 3 is 2.43 bits per heavy atom. The maximum Gasteiger partial charge on any atom is 0.0496 e. The fraction of sp³-hybridized carbons (Fsp3) is 0.833. The van der Waals surface area contributed by atoms with Gasteiger partial charge in [0.1, 0.15) is 0 Å². The monoisotopic (exact) mass is 97.1 g/mol. The zero-order valence-corrected chi connectivity index (χ0v) is 4.89. The first-order valence-corrected chi connectivity index (χ1v) is 2.82. The molecule has 0 aromatic carbocycles. The van der Waals surface area contributed by atoms with Crippen LogP contribution in [0.3, 0.4) is 0 Å². The van der Waals surface area contributed by atoms with Gasteiger partial charge in [0, 0.05) is 6.04 Å². The summed E-state index contributed by atoms with van der Waals surface area (Å²) >= 11 is 0. The molecule has 0 amide bonds. The summed E-state index contributed by atoms with van der Waals surface area (Å²) in [7, 11) is 0. The highest BCUT2D eigenvalue weighted by atomic mass is 14.8. The summed E-state index contributed by atoms with van der Waals surface area (Å²) in [5.74, 6) is 0.792. The van der Waals surface area contributed by atoms with E-state index in [1.807, 2.05) is 6.21 Å². The summed E-state index contributed by atoms with van der Waals surface area (Å²) in [5.41, 5.74) is 0. The van der Waals surface area contributed by atoms with Gasteiger partial charge < -0.3 is 0 Å². The topological polar surface area (TPSA) is 12.4 Å². The minimum atomic E-state index is 0.583. The molecule has 7 heavy (non-hydrogen) atoms. The van der Waals surface area contributed by atoms with Crippen molar-refractivity contribution in [2.75, 3.05) is 0 Å². The molecule has 0 bridgehead atoms. The molecule has 0 radical (unpaired) electrons. The van der Waals surface area contributed by atoms with Gasteiger partial charge in [0.15, 0.2) is 0 Å².